The van der Waals surface area contributed by atoms with E-state index in [9.17, 15) is 27.6 Å². The number of benzene rings is 2. The maximum absolute atomic E-state index is 14.4. The van der Waals surface area contributed by atoms with E-state index in [4.69, 9.17) is 16.3 Å². The molecule has 0 saturated heterocycles. The predicted molar refractivity (Wildman–Crippen MR) is 94.7 cm³/mol. The van der Waals surface area contributed by atoms with Crippen LogP contribution in [0.5, 0.6) is 5.75 Å². The van der Waals surface area contributed by atoms with Crippen LogP contribution in [0, 0.1) is 17.1 Å². The highest BCUT2D eigenvalue weighted by molar-refractivity contribution is 6.32. The molecule has 6 nitrogen and oxygen atoms in total. The lowest BCUT2D eigenvalue weighted by atomic mass is 9.99. The van der Waals surface area contributed by atoms with Gasteiger partial charge in [-0.05, 0) is 24.3 Å². The number of aromatic nitrogens is 3. The van der Waals surface area contributed by atoms with Crippen molar-refractivity contribution in [1.29, 1.82) is 5.26 Å². The summed E-state index contributed by atoms with van der Waals surface area (Å²) in [5.41, 5.74) is -2.15. The van der Waals surface area contributed by atoms with Crippen LogP contribution in [0.25, 0.3) is 11.1 Å². The SMILES string of the molecule is Cn1c(COc2cc(Cl)c(C#N)cc2-c2cc(C(F)(F)F)ccc2F)n[nH]c1=O. The minimum Gasteiger partial charge on any atom is -0.485 e. The van der Waals surface area contributed by atoms with Crippen molar-refractivity contribution in [3.8, 4) is 22.9 Å². The van der Waals surface area contributed by atoms with Gasteiger partial charge >= 0.3 is 11.9 Å². The Morgan fingerprint density at radius 2 is 2.00 bits per heavy atom. The molecule has 0 fully saturated rings. The molecule has 0 atom stereocenters. The first-order valence-corrected chi connectivity index (χ1v) is 8.33. The summed E-state index contributed by atoms with van der Waals surface area (Å²) >= 11 is 6.00. The fourth-order valence-corrected chi connectivity index (χ4v) is 2.73. The number of aromatic amines is 1. The van der Waals surface area contributed by atoms with Gasteiger partial charge in [-0.1, -0.05) is 11.6 Å². The Morgan fingerprint density at radius 1 is 1.28 bits per heavy atom. The summed E-state index contributed by atoms with van der Waals surface area (Å²) in [7, 11) is 1.43. The van der Waals surface area contributed by atoms with E-state index in [1.807, 2.05) is 0 Å². The number of nitriles is 1. The highest BCUT2D eigenvalue weighted by atomic mass is 35.5. The highest BCUT2D eigenvalue weighted by Gasteiger charge is 2.31. The molecule has 2 aromatic carbocycles. The molecule has 0 spiro atoms. The lowest BCUT2D eigenvalue weighted by Gasteiger charge is -2.15. The van der Waals surface area contributed by atoms with Crippen LogP contribution in [0.4, 0.5) is 17.6 Å². The van der Waals surface area contributed by atoms with Crippen LogP contribution < -0.4 is 10.4 Å². The number of halogens is 5. The van der Waals surface area contributed by atoms with Crippen molar-refractivity contribution in [3.63, 3.8) is 0 Å². The number of nitrogens with zero attached hydrogens (tertiary/aromatic N) is 3. The molecule has 0 bridgehead atoms. The first-order valence-electron chi connectivity index (χ1n) is 7.95. The van der Waals surface area contributed by atoms with Crippen LogP contribution in [-0.4, -0.2) is 14.8 Å². The van der Waals surface area contributed by atoms with Crippen molar-refractivity contribution in [1.82, 2.24) is 14.8 Å². The maximum Gasteiger partial charge on any atom is 0.416 e. The number of hydrogen-bond donors (Lipinski definition) is 1. The molecule has 29 heavy (non-hydrogen) atoms. The van der Waals surface area contributed by atoms with Gasteiger partial charge in [-0.2, -0.15) is 23.5 Å². The molecule has 1 heterocycles. The first kappa shape index (κ1) is 20.4. The summed E-state index contributed by atoms with van der Waals surface area (Å²) in [6, 6.07) is 6.03. The molecule has 0 aliphatic heterocycles. The van der Waals surface area contributed by atoms with Crippen molar-refractivity contribution in [3.05, 3.63) is 68.6 Å². The van der Waals surface area contributed by atoms with Crippen LogP contribution in [0.1, 0.15) is 17.0 Å². The van der Waals surface area contributed by atoms with Gasteiger partial charge in [-0.25, -0.2) is 14.3 Å². The molecule has 150 valence electrons. The first-order chi connectivity index (χ1) is 13.6. The fourth-order valence-electron chi connectivity index (χ4n) is 2.53. The summed E-state index contributed by atoms with van der Waals surface area (Å²) in [6.45, 7) is -0.259. The Balaban J connectivity index is 2.11. The van der Waals surface area contributed by atoms with Crippen molar-refractivity contribution in [2.24, 2.45) is 7.05 Å². The third kappa shape index (κ3) is 4.09. The molecule has 0 radical (unpaired) electrons. The van der Waals surface area contributed by atoms with E-state index in [0.29, 0.717) is 18.2 Å². The summed E-state index contributed by atoms with van der Waals surface area (Å²) in [6.07, 6.45) is -4.69. The minimum atomic E-state index is -4.69. The lowest BCUT2D eigenvalue weighted by Crippen LogP contribution is -2.15. The number of alkyl halides is 3. The van der Waals surface area contributed by atoms with Gasteiger partial charge in [0.1, 0.15) is 24.2 Å². The van der Waals surface area contributed by atoms with Crippen LogP contribution in [0.2, 0.25) is 5.02 Å². The van der Waals surface area contributed by atoms with E-state index in [1.54, 1.807) is 6.07 Å². The summed E-state index contributed by atoms with van der Waals surface area (Å²) < 4.78 is 60.3. The van der Waals surface area contributed by atoms with E-state index in [1.165, 1.54) is 13.1 Å². The normalized spacial score (nSPS) is 11.3. The Labute approximate surface area is 165 Å². The van der Waals surface area contributed by atoms with E-state index in [-0.39, 0.29) is 34.3 Å². The van der Waals surface area contributed by atoms with Gasteiger partial charge in [0.15, 0.2) is 5.82 Å². The van der Waals surface area contributed by atoms with Crippen molar-refractivity contribution >= 4 is 11.6 Å². The molecule has 0 aliphatic rings. The van der Waals surface area contributed by atoms with Gasteiger partial charge in [-0.15, -0.1) is 0 Å². The van der Waals surface area contributed by atoms with Crippen LogP contribution in [-0.2, 0) is 19.8 Å². The van der Waals surface area contributed by atoms with Crippen molar-refractivity contribution in [2.75, 3.05) is 0 Å². The van der Waals surface area contributed by atoms with Gasteiger partial charge in [0.05, 0.1) is 16.1 Å². The average Bonchev–Trinajstić information content (AvgIpc) is 2.98. The summed E-state index contributed by atoms with van der Waals surface area (Å²) in [5.74, 6) is -0.838. The van der Waals surface area contributed by atoms with E-state index < -0.39 is 28.8 Å². The highest BCUT2D eigenvalue weighted by Crippen LogP contribution is 2.39. The molecule has 0 saturated carbocycles. The maximum atomic E-state index is 14.4. The number of ether oxygens (including phenoxy) is 1. The Bertz CT molecular complexity index is 1180. The van der Waals surface area contributed by atoms with E-state index in [2.05, 4.69) is 10.2 Å². The molecule has 0 unspecified atom stereocenters. The molecule has 11 heteroatoms. The molecule has 1 N–H and O–H groups in total. The average molecular weight is 427 g/mol. The van der Waals surface area contributed by atoms with Gasteiger partial charge < -0.3 is 4.74 Å². The Morgan fingerprint density at radius 3 is 2.59 bits per heavy atom. The molecule has 3 rings (SSSR count). The fraction of sp³-hybridized carbons (Fsp3) is 0.167. The zero-order valence-electron chi connectivity index (χ0n) is 14.6. The molecule has 0 amide bonds. The second-order valence-electron chi connectivity index (χ2n) is 5.93. The van der Waals surface area contributed by atoms with Crippen molar-refractivity contribution < 1.29 is 22.3 Å². The van der Waals surface area contributed by atoms with Gasteiger partial charge in [0, 0.05) is 24.2 Å². The lowest BCUT2D eigenvalue weighted by molar-refractivity contribution is -0.137. The van der Waals surface area contributed by atoms with Crippen molar-refractivity contribution in [2.45, 2.75) is 12.8 Å². The third-order valence-corrected chi connectivity index (χ3v) is 4.42. The van der Waals surface area contributed by atoms with E-state index >= 15 is 0 Å². The van der Waals surface area contributed by atoms with E-state index in [0.717, 1.165) is 10.6 Å². The summed E-state index contributed by atoms with van der Waals surface area (Å²) in [5, 5.41) is 15.1. The van der Waals surface area contributed by atoms with Crippen LogP contribution in [0.15, 0.2) is 35.1 Å². The number of rotatable bonds is 4. The second kappa shape index (κ2) is 7.60. The number of nitrogens with one attached hydrogen (secondary N) is 1. The standard InChI is InChI=1S/C18H11ClF4N4O2/c1-27-16(25-26-17(27)28)8-29-15-6-13(19)9(7-24)4-12(15)11-5-10(18(21,22)23)2-3-14(11)20/h2-6H,8H2,1H3,(H,26,28). The second-order valence-corrected chi connectivity index (χ2v) is 6.33. The zero-order chi connectivity index (χ0) is 21.3. The quantitative estimate of drug-likeness (QED) is 0.638. The molecule has 3 aromatic rings. The Kier molecular flexibility index (Phi) is 5.35. The summed E-state index contributed by atoms with van der Waals surface area (Å²) in [4.78, 5) is 11.4. The number of H-pyrrole nitrogens is 1. The monoisotopic (exact) mass is 426 g/mol. The smallest absolute Gasteiger partial charge is 0.416 e. The third-order valence-electron chi connectivity index (χ3n) is 4.10. The predicted octanol–water partition coefficient (Wildman–Crippen LogP) is 4.04. The zero-order valence-corrected chi connectivity index (χ0v) is 15.4. The van der Waals surface area contributed by atoms with Crippen LogP contribution in [0.3, 0.4) is 0 Å². The largest absolute Gasteiger partial charge is 0.485 e. The molecule has 1 aromatic heterocycles. The molecular formula is C18H11ClF4N4O2. The number of hydrogen-bond acceptors (Lipinski definition) is 4. The Hall–Kier alpha value is -3.32. The van der Waals surface area contributed by atoms with Gasteiger partial charge in [-0.3, -0.25) is 4.57 Å². The van der Waals surface area contributed by atoms with Crippen LogP contribution >= 0.6 is 11.6 Å². The molecule has 0 aliphatic carbocycles. The minimum absolute atomic E-state index is 0.0328. The van der Waals surface area contributed by atoms with Gasteiger partial charge in [0.25, 0.3) is 0 Å². The van der Waals surface area contributed by atoms with Gasteiger partial charge in [0.2, 0.25) is 0 Å². The topological polar surface area (TPSA) is 83.7 Å². The molecular weight excluding hydrogens is 416 g/mol.